The average Bonchev–Trinajstić information content (AvgIpc) is 2.37. The second kappa shape index (κ2) is 8.11. The zero-order valence-electron chi connectivity index (χ0n) is 10.7. The number of anilines is 1. The van der Waals surface area contributed by atoms with Crippen LogP contribution in [0.5, 0.6) is 5.75 Å². The van der Waals surface area contributed by atoms with E-state index in [-0.39, 0.29) is 5.91 Å². The molecule has 0 saturated carbocycles. The van der Waals surface area contributed by atoms with E-state index in [4.69, 9.17) is 9.47 Å². The summed E-state index contributed by atoms with van der Waals surface area (Å²) in [4.78, 5) is 11.7. The van der Waals surface area contributed by atoms with Gasteiger partial charge in [0.2, 0.25) is 5.91 Å². The fraction of sp³-hybridized carbons (Fsp3) is 0.462. The molecule has 0 heterocycles. The molecule has 1 N–H and O–H groups in total. The number of benzene rings is 1. The summed E-state index contributed by atoms with van der Waals surface area (Å²) >= 11 is 3.39. The summed E-state index contributed by atoms with van der Waals surface area (Å²) < 4.78 is 11.1. The molecule has 0 spiro atoms. The van der Waals surface area contributed by atoms with Gasteiger partial charge in [-0.1, -0.05) is 0 Å². The summed E-state index contributed by atoms with van der Waals surface area (Å²) in [7, 11) is 1.59. The number of ether oxygens (including phenoxy) is 2. The maximum atomic E-state index is 11.7. The molecule has 0 unspecified atom stereocenters. The Morgan fingerprint density at radius 2 is 2.22 bits per heavy atom. The lowest BCUT2D eigenvalue weighted by Crippen LogP contribution is -2.12. The molecule has 1 amide bonds. The predicted octanol–water partition coefficient (Wildman–Crippen LogP) is 3.21. The van der Waals surface area contributed by atoms with E-state index in [0.717, 1.165) is 16.6 Å². The van der Waals surface area contributed by atoms with E-state index in [1.54, 1.807) is 13.2 Å². The summed E-state index contributed by atoms with van der Waals surface area (Å²) in [6.07, 6.45) is 1.17. The number of nitrogens with one attached hydrogen (secondary N) is 1. The van der Waals surface area contributed by atoms with Crippen LogP contribution in [0.15, 0.2) is 22.7 Å². The number of halogens is 1. The van der Waals surface area contributed by atoms with Gasteiger partial charge in [-0.15, -0.1) is 0 Å². The molecule has 4 nitrogen and oxygen atoms in total. The highest BCUT2D eigenvalue weighted by atomic mass is 79.9. The van der Waals surface area contributed by atoms with Crippen LogP contribution in [0.3, 0.4) is 0 Å². The van der Waals surface area contributed by atoms with Crippen LogP contribution in [0.25, 0.3) is 0 Å². The third-order valence-corrected chi connectivity index (χ3v) is 3.04. The van der Waals surface area contributed by atoms with Crippen molar-refractivity contribution in [3.8, 4) is 5.75 Å². The van der Waals surface area contributed by atoms with Crippen molar-refractivity contribution in [2.75, 3.05) is 25.6 Å². The Balaban J connectivity index is 2.48. The fourth-order valence-corrected chi connectivity index (χ4v) is 1.76. The van der Waals surface area contributed by atoms with Gasteiger partial charge < -0.3 is 14.8 Å². The molecule has 0 atom stereocenters. The predicted molar refractivity (Wildman–Crippen MR) is 75.1 cm³/mol. The van der Waals surface area contributed by atoms with Crippen LogP contribution >= 0.6 is 15.9 Å². The second-order valence-corrected chi connectivity index (χ2v) is 4.55. The summed E-state index contributed by atoms with van der Waals surface area (Å²) in [5, 5.41) is 2.84. The Morgan fingerprint density at radius 1 is 1.44 bits per heavy atom. The molecule has 1 rings (SSSR count). The van der Waals surface area contributed by atoms with E-state index in [1.807, 2.05) is 19.1 Å². The van der Waals surface area contributed by atoms with Gasteiger partial charge in [0.05, 0.1) is 12.8 Å². The molecule has 0 aliphatic rings. The van der Waals surface area contributed by atoms with E-state index in [2.05, 4.69) is 21.2 Å². The Kier molecular flexibility index (Phi) is 6.75. The highest BCUT2D eigenvalue weighted by Crippen LogP contribution is 2.27. The van der Waals surface area contributed by atoms with Crippen molar-refractivity contribution in [3.05, 3.63) is 22.7 Å². The summed E-state index contributed by atoms with van der Waals surface area (Å²) in [5.41, 5.74) is 0.718. The lowest BCUT2D eigenvalue weighted by molar-refractivity contribution is -0.116. The maximum absolute atomic E-state index is 11.7. The normalized spacial score (nSPS) is 10.2. The highest BCUT2D eigenvalue weighted by molar-refractivity contribution is 9.10. The molecule has 100 valence electrons. The highest BCUT2D eigenvalue weighted by Gasteiger charge is 2.06. The standard InChI is InChI=1S/C13H18BrNO3/c1-3-18-8-4-5-13(16)15-12-9-10(17-2)6-7-11(12)14/h6-7,9H,3-5,8H2,1-2H3,(H,15,16). The zero-order valence-corrected chi connectivity index (χ0v) is 12.2. The molecule has 1 aromatic carbocycles. The number of hydrogen-bond donors (Lipinski definition) is 1. The Labute approximate surface area is 116 Å². The lowest BCUT2D eigenvalue weighted by Gasteiger charge is -2.09. The maximum Gasteiger partial charge on any atom is 0.224 e. The summed E-state index contributed by atoms with van der Waals surface area (Å²) in [6, 6.07) is 5.45. The molecule has 0 radical (unpaired) electrons. The first-order valence-corrected chi connectivity index (χ1v) is 6.67. The molecule has 0 fully saturated rings. The third kappa shape index (κ3) is 5.06. The molecule has 0 bridgehead atoms. The smallest absolute Gasteiger partial charge is 0.224 e. The van der Waals surface area contributed by atoms with Crippen molar-refractivity contribution in [2.45, 2.75) is 19.8 Å². The van der Waals surface area contributed by atoms with Crippen LogP contribution in [-0.4, -0.2) is 26.2 Å². The molecule has 5 heteroatoms. The van der Waals surface area contributed by atoms with E-state index in [0.29, 0.717) is 25.4 Å². The molecular formula is C13H18BrNO3. The summed E-state index contributed by atoms with van der Waals surface area (Å²) in [6.45, 7) is 3.24. The first kappa shape index (κ1) is 15.0. The Morgan fingerprint density at radius 3 is 2.89 bits per heavy atom. The van der Waals surface area contributed by atoms with Crippen molar-refractivity contribution in [3.63, 3.8) is 0 Å². The van der Waals surface area contributed by atoms with Crippen LogP contribution in [0.1, 0.15) is 19.8 Å². The topological polar surface area (TPSA) is 47.6 Å². The van der Waals surface area contributed by atoms with E-state index in [9.17, 15) is 4.79 Å². The monoisotopic (exact) mass is 315 g/mol. The van der Waals surface area contributed by atoms with Gasteiger partial charge in [-0.25, -0.2) is 0 Å². The number of hydrogen-bond acceptors (Lipinski definition) is 3. The average molecular weight is 316 g/mol. The van der Waals surface area contributed by atoms with Gasteiger partial charge in [0.1, 0.15) is 5.75 Å². The van der Waals surface area contributed by atoms with Crippen LogP contribution in [0, 0.1) is 0 Å². The first-order chi connectivity index (χ1) is 8.67. The second-order valence-electron chi connectivity index (χ2n) is 3.69. The van der Waals surface area contributed by atoms with Crippen molar-refractivity contribution in [1.82, 2.24) is 0 Å². The zero-order chi connectivity index (χ0) is 13.4. The molecule has 0 aromatic heterocycles. The van der Waals surface area contributed by atoms with Crippen molar-refractivity contribution in [1.29, 1.82) is 0 Å². The number of rotatable bonds is 7. The Bertz CT molecular complexity index is 396. The molecule has 0 saturated heterocycles. The molecule has 0 aliphatic heterocycles. The number of amides is 1. The van der Waals surface area contributed by atoms with Crippen LogP contribution in [0.2, 0.25) is 0 Å². The van der Waals surface area contributed by atoms with Gasteiger partial charge in [-0.3, -0.25) is 4.79 Å². The largest absolute Gasteiger partial charge is 0.497 e. The van der Waals surface area contributed by atoms with Crippen LogP contribution in [0.4, 0.5) is 5.69 Å². The van der Waals surface area contributed by atoms with Crippen molar-refractivity contribution < 1.29 is 14.3 Å². The quantitative estimate of drug-likeness (QED) is 0.786. The van der Waals surface area contributed by atoms with Gasteiger partial charge in [0.25, 0.3) is 0 Å². The first-order valence-electron chi connectivity index (χ1n) is 5.88. The third-order valence-electron chi connectivity index (χ3n) is 2.34. The molecule has 18 heavy (non-hydrogen) atoms. The van der Waals surface area contributed by atoms with E-state index in [1.165, 1.54) is 0 Å². The van der Waals surface area contributed by atoms with Crippen molar-refractivity contribution in [2.24, 2.45) is 0 Å². The minimum absolute atomic E-state index is 0.0244. The molecule has 1 aromatic rings. The number of methoxy groups -OCH3 is 1. The number of carbonyl (C=O) groups is 1. The molecular weight excluding hydrogens is 298 g/mol. The minimum Gasteiger partial charge on any atom is -0.497 e. The van der Waals surface area contributed by atoms with Crippen molar-refractivity contribution >= 4 is 27.5 Å². The number of carbonyl (C=O) groups excluding carboxylic acids is 1. The molecule has 0 aliphatic carbocycles. The van der Waals surface area contributed by atoms with Crippen LogP contribution in [-0.2, 0) is 9.53 Å². The van der Waals surface area contributed by atoms with Crippen LogP contribution < -0.4 is 10.1 Å². The van der Waals surface area contributed by atoms with Gasteiger partial charge in [-0.05, 0) is 41.4 Å². The van der Waals surface area contributed by atoms with Gasteiger partial charge in [0.15, 0.2) is 0 Å². The Hall–Kier alpha value is -1.07. The fourth-order valence-electron chi connectivity index (χ4n) is 1.42. The minimum atomic E-state index is -0.0244. The lowest BCUT2D eigenvalue weighted by atomic mass is 10.2. The van der Waals surface area contributed by atoms with Gasteiger partial charge >= 0.3 is 0 Å². The van der Waals surface area contributed by atoms with E-state index < -0.39 is 0 Å². The van der Waals surface area contributed by atoms with Gasteiger partial charge in [0, 0.05) is 30.2 Å². The SMILES string of the molecule is CCOCCCC(=O)Nc1cc(OC)ccc1Br. The summed E-state index contributed by atoms with van der Waals surface area (Å²) in [5.74, 6) is 0.687. The van der Waals surface area contributed by atoms with Gasteiger partial charge in [-0.2, -0.15) is 0 Å². The van der Waals surface area contributed by atoms with E-state index >= 15 is 0 Å².